The van der Waals surface area contributed by atoms with Crippen LogP contribution in [0.5, 0.6) is 0 Å². The maximum Gasteiger partial charge on any atom is 0.418 e. The summed E-state index contributed by atoms with van der Waals surface area (Å²) in [5.41, 5.74) is -4.23. The smallest absolute Gasteiger partial charge is 0.304 e. The second-order valence-corrected chi connectivity index (χ2v) is 10.4. The molecule has 0 bridgehead atoms. The number of rotatable bonds is 3. The highest BCUT2D eigenvalue weighted by atomic mass is 32.5. The normalized spacial score (nSPS) is 18.7. The molecule has 1 fully saturated rings. The number of carbonyl (C=O) groups is 1. The summed E-state index contributed by atoms with van der Waals surface area (Å²) in [7, 11) is -9.96. The first-order valence-corrected chi connectivity index (χ1v) is 11.2. The molecule has 33 heavy (non-hydrogen) atoms. The van der Waals surface area contributed by atoms with Gasteiger partial charge in [0.2, 0.25) is 0 Å². The van der Waals surface area contributed by atoms with E-state index in [0.717, 1.165) is 17.0 Å². The second-order valence-electron chi connectivity index (χ2n) is 7.62. The lowest BCUT2D eigenvalue weighted by molar-refractivity contribution is -0.137. The molecule has 1 aliphatic heterocycles. The molecular formula is C19H13F8N3OS2. The van der Waals surface area contributed by atoms with Crippen LogP contribution >= 0.6 is 22.4 Å². The van der Waals surface area contributed by atoms with Crippen LogP contribution in [0.4, 0.5) is 44.0 Å². The van der Waals surface area contributed by atoms with Crippen molar-refractivity contribution in [2.24, 2.45) is 0 Å². The van der Waals surface area contributed by atoms with Crippen molar-refractivity contribution in [3.63, 3.8) is 0 Å². The molecule has 4 nitrogen and oxygen atoms in total. The Labute approximate surface area is 187 Å². The minimum Gasteiger partial charge on any atom is -0.304 e. The maximum absolute atomic E-state index is 13.6. The van der Waals surface area contributed by atoms with E-state index in [1.807, 2.05) is 0 Å². The van der Waals surface area contributed by atoms with Gasteiger partial charge in [-0.15, -0.1) is 0 Å². The summed E-state index contributed by atoms with van der Waals surface area (Å²) in [6.07, 6.45) is -4.97. The van der Waals surface area contributed by atoms with Crippen molar-refractivity contribution < 1.29 is 37.4 Å². The van der Waals surface area contributed by atoms with Gasteiger partial charge in [0.15, 0.2) is 5.11 Å². The highest BCUT2D eigenvalue weighted by Gasteiger charge is 2.65. The quantitative estimate of drug-likeness (QED) is 0.322. The molecule has 178 valence electrons. The van der Waals surface area contributed by atoms with E-state index in [4.69, 9.17) is 17.5 Å². The first-order chi connectivity index (χ1) is 14.7. The number of hydrogen-bond donors (Lipinski definition) is 0. The Bertz CT molecular complexity index is 1220. The molecule has 0 spiro atoms. The number of nitriles is 1. The van der Waals surface area contributed by atoms with Gasteiger partial charge < -0.3 is 4.90 Å². The molecule has 1 heterocycles. The summed E-state index contributed by atoms with van der Waals surface area (Å²) >= 11 is 5.18. The molecule has 0 aliphatic carbocycles. The topological polar surface area (TPSA) is 47.3 Å². The Hall–Kier alpha value is -2.92. The number of nitrogens with zero attached hydrogens (tertiary/aromatic N) is 3. The average molecular weight is 515 g/mol. The number of thiocarbonyl (C=S) groups is 1. The molecule has 0 aromatic heterocycles. The van der Waals surface area contributed by atoms with Gasteiger partial charge in [-0.2, -0.15) is 18.4 Å². The summed E-state index contributed by atoms with van der Waals surface area (Å²) in [6, 6.07) is 5.55. The first-order valence-electron chi connectivity index (χ1n) is 8.83. The standard InChI is InChI=1S/C19H13F8N3OS2/c1-18(2)16(31)29(15-8-3-11(10-28)9-14(15)19(20,21)22)17(32)30(18)12-4-6-13(7-5-12)33(23,24,25,26)27/h3-9H,1-2H3. The third-order valence-electron chi connectivity index (χ3n) is 4.88. The van der Waals surface area contributed by atoms with Crippen molar-refractivity contribution in [3.8, 4) is 6.07 Å². The third-order valence-corrected chi connectivity index (χ3v) is 6.41. The Balaban J connectivity index is 2.13. The minimum atomic E-state index is -9.96. The molecule has 2 aromatic rings. The van der Waals surface area contributed by atoms with Crippen LogP contribution < -0.4 is 9.80 Å². The average Bonchev–Trinajstić information content (AvgIpc) is 2.83. The fourth-order valence-electron chi connectivity index (χ4n) is 3.32. The van der Waals surface area contributed by atoms with E-state index in [2.05, 4.69) is 0 Å². The molecule has 0 saturated carbocycles. The van der Waals surface area contributed by atoms with Crippen molar-refractivity contribution in [1.29, 1.82) is 5.26 Å². The van der Waals surface area contributed by atoms with Gasteiger partial charge in [-0.3, -0.25) is 9.69 Å². The zero-order valence-corrected chi connectivity index (χ0v) is 18.3. The monoisotopic (exact) mass is 515 g/mol. The Kier molecular flexibility index (Phi) is 4.92. The molecule has 3 rings (SSSR count). The van der Waals surface area contributed by atoms with Crippen molar-refractivity contribution in [2.45, 2.75) is 30.5 Å². The molecule has 1 amide bonds. The fraction of sp³-hybridized carbons (Fsp3) is 0.211. The number of amides is 1. The SMILES string of the molecule is CC1(C)C(=O)N(c2ccc(C#N)cc2C(F)(F)F)C(=S)N1c1ccc(S(F)(F)(F)(F)F)cc1. The molecule has 0 unspecified atom stereocenters. The zero-order valence-electron chi connectivity index (χ0n) is 16.6. The molecule has 0 atom stereocenters. The fourth-order valence-corrected chi connectivity index (χ4v) is 4.49. The molecular weight excluding hydrogens is 502 g/mol. The Morgan fingerprint density at radius 3 is 2.00 bits per heavy atom. The van der Waals surface area contributed by atoms with E-state index in [9.17, 15) is 37.4 Å². The van der Waals surface area contributed by atoms with E-state index >= 15 is 0 Å². The second kappa shape index (κ2) is 6.57. The highest BCUT2D eigenvalue weighted by Crippen LogP contribution is 3.02. The molecule has 0 radical (unpaired) electrons. The number of benzene rings is 2. The van der Waals surface area contributed by atoms with Crippen LogP contribution in [0, 0.1) is 11.3 Å². The van der Waals surface area contributed by atoms with E-state index < -0.39 is 49.1 Å². The minimum absolute atomic E-state index is 0.117. The van der Waals surface area contributed by atoms with Gasteiger partial charge in [0.25, 0.3) is 5.91 Å². The van der Waals surface area contributed by atoms with Gasteiger partial charge in [-0.25, -0.2) is 0 Å². The summed E-state index contributed by atoms with van der Waals surface area (Å²) in [5.74, 6) is -0.945. The van der Waals surface area contributed by atoms with Crippen LogP contribution in [0.3, 0.4) is 0 Å². The lowest BCUT2D eigenvalue weighted by Crippen LogP contribution is -2.44. The lowest BCUT2D eigenvalue weighted by atomic mass is 10.0. The van der Waals surface area contributed by atoms with Crippen LogP contribution in [0.1, 0.15) is 25.0 Å². The maximum atomic E-state index is 13.6. The number of halogens is 8. The van der Waals surface area contributed by atoms with Crippen molar-refractivity contribution in [1.82, 2.24) is 0 Å². The summed E-state index contributed by atoms with van der Waals surface area (Å²) < 4.78 is 106. The van der Waals surface area contributed by atoms with Gasteiger partial charge in [-0.1, -0.05) is 19.4 Å². The summed E-state index contributed by atoms with van der Waals surface area (Å²) in [5, 5.41) is 8.40. The first kappa shape index (κ1) is 24.7. The van der Waals surface area contributed by atoms with Crippen molar-refractivity contribution in [2.75, 3.05) is 9.80 Å². The molecule has 14 heteroatoms. The number of hydrogen-bond acceptors (Lipinski definition) is 3. The number of anilines is 2. The van der Waals surface area contributed by atoms with Crippen molar-refractivity contribution >= 4 is 44.8 Å². The number of carbonyl (C=O) groups excluding carboxylic acids is 1. The highest BCUT2D eigenvalue weighted by molar-refractivity contribution is 8.45. The largest absolute Gasteiger partial charge is 0.418 e. The summed E-state index contributed by atoms with van der Waals surface area (Å²) in [6.45, 7) is 2.52. The predicted molar refractivity (Wildman–Crippen MR) is 111 cm³/mol. The van der Waals surface area contributed by atoms with Gasteiger partial charge in [0, 0.05) is 5.69 Å². The molecule has 1 saturated heterocycles. The van der Waals surface area contributed by atoms with Crippen LogP contribution in [-0.2, 0) is 11.0 Å². The van der Waals surface area contributed by atoms with Gasteiger partial charge in [-0.05, 0) is 68.5 Å². The van der Waals surface area contributed by atoms with E-state index in [-0.39, 0.29) is 23.4 Å². The van der Waals surface area contributed by atoms with Gasteiger partial charge >= 0.3 is 16.4 Å². The van der Waals surface area contributed by atoms with E-state index in [0.29, 0.717) is 23.1 Å². The Morgan fingerprint density at radius 1 is 1.00 bits per heavy atom. The lowest BCUT2D eigenvalue weighted by Gasteiger charge is -2.40. The van der Waals surface area contributed by atoms with E-state index in [1.54, 1.807) is 6.07 Å². The van der Waals surface area contributed by atoms with E-state index in [1.165, 1.54) is 13.8 Å². The number of alkyl halides is 3. The summed E-state index contributed by atoms with van der Waals surface area (Å²) in [4.78, 5) is 12.4. The molecule has 2 aromatic carbocycles. The van der Waals surface area contributed by atoms with Crippen LogP contribution in [0.15, 0.2) is 47.4 Å². The zero-order chi connectivity index (χ0) is 25.3. The van der Waals surface area contributed by atoms with Crippen LogP contribution in [-0.4, -0.2) is 16.6 Å². The van der Waals surface area contributed by atoms with Crippen LogP contribution in [0.25, 0.3) is 0 Å². The third kappa shape index (κ3) is 4.34. The van der Waals surface area contributed by atoms with Gasteiger partial charge in [0.05, 0.1) is 22.9 Å². The van der Waals surface area contributed by atoms with Crippen molar-refractivity contribution in [3.05, 3.63) is 53.6 Å². The molecule has 0 N–H and O–H groups in total. The van der Waals surface area contributed by atoms with Crippen LogP contribution in [0.2, 0.25) is 0 Å². The van der Waals surface area contributed by atoms with Gasteiger partial charge in [0.1, 0.15) is 10.4 Å². The molecule has 1 aliphatic rings. The Morgan fingerprint density at radius 2 is 1.55 bits per heavy atom. The predicted octanol–water partition coefficient (Wildman–Crippen LogP) is 7.15.